The second-order valence-corrected chi connectivity index (χ2v) is 8.29. The van der Waals surface area contributed by atoms with Crippen molar-refractivity contribution in [2.24, 2.45) is 5.92 Å². The molecule has 0 aromatic carbocycles. The molecule has 0 unspecified atom stereocenters. The van der Waals surface area contributed by atoms with Crippen LogP contribution in [0.3, 0.4) is 0 Å². The van der Waals surface area contributed by atoms with Crippen molar-refractivity contribution in [1.82, 2.24) is 4.90 Å². The van der Waals surface area contributed by atoms with Crippen LogP contribution >= 0.6 is 0 Å². The number of likely N-dealkylation sites (tertiary alicyclic amines) is 1. The fourth-order valence-corrected chi connectivity index (χ4v) is 3.88. The van der Waals surface area contributed by atoms with Crippen LogP contribution in [0.2, 0.25) is 0 Å². The molecule has 6 nitrogen and oxygen atoms in total. The highest BCUT2D eigenvalue weighted by atomic mass is 32.2. The highest BCUT2D eigenvalue weighted by molar-refractivity contribution is 7.92. The predicted octanol–water partition coefficient (Wildman–Crippen LogP) is 0.664. The number of nitrogens with zero attached hydrogens (tertiary/aromatic N) is 1. The molecule has 0 aromatic heterocycles. The zero-order chi connectivity index (χ0) is 15.1. The number of hydrogen-bond acceptors (Lipinski definition) is 4. The van der Waals surface area contributed by atoms with Crippen molar-refractivity contribution in [2.75, 3.05) is 6.26 Å². The van der Waals surface area contributed by atoms with Crippen LogP contribution in [0.15, 0.2) is 0 Å². The van der Waals surface area contributed by atoms with E-state index in [1.807, 2.05) is 0 Å². The summed E-state index contributed by atoms with van der Waals surface area (Å²) < 4.78 is 23.1. The Bertz CT molecular complexity index is 515. The topological polar surface area (TPSA) is 91.8 Å². The Labute approximate surface area is 119 Å². The minimum atomic E-state index is -3.51. The van der Waals surface area contributed by atoms with Crippen LogP contribution in [0.25, 0.3) is 0 Å². The average Bonchev–Trinajstić information content (AvgIpc) is 2.75. The molecule has 2 rings (SSSR count). The summed E-state index contributed by atoms with van der Waals surface area (Å²) in [5, 5.41) is 8.14. The number of aliphatic carboxylic acids is 1. The van der Waals surface area contributed by atoms with Gasteiger partial charge >= 0.3 is 5.97 Å². The van der Waals surface area contributed by atoms with Crippen LogP contribution in [-0.2, 0) is 19.4 Å². The van der Waals surface area contributed by atoms with Gasteiger partial charge in [-0.3, -0.25) is 4.79 Å². The molecule has 0 radical (unpaired) electrons. The summed E-state index contributed by atoms with van der Waals surface area (Å²) in [5.74, 6) is -1.40. The zero-order valence-corrected chi connectivity index (χ0v) is 12.6. The minimum Gasteiger partial charge on any atom is -0.480 e. The summed E-state index contributed by atoms with van der Waals surface area (Å²) in [7, 11) is -3.51. The summed E-state index contributed by atoms with van der Waals surface area (Å²) >= 11 is 0. The summed E-state index contributed by atoms with van der Waals surface area (Å²) in [6, 6.07) is -0.985. The van der Waals surface area contributed by atoms with Crippen molar-refractivity contribution in [2.45, 2.75) is 56.4 Å². The van der Waals surface area contributed by atoms with E-state index in [0.717, 1.165) is 31.9 Å². The highest BCUT2D eigenvalue weighted by Crippen LogP contribution is 2.40. The number of carboxylic acid groups (broad SMARTS) is 1. The lowest BCUT2D eigenvalue weighted by Gasteiger charge is -2.34. The van der Waals surface area contributed by atoms with Gasteiger partial charge in [0.15, 0.2) is 9.84 Å². The molecule has 20 heavy (non-hydrogen) atoms. The minimum absolute atomic E-state index is 0.110. The molecule has 1 saturated carbocycles. The van der Waals surface area contributed by atoms with Gasteiger partial charge in [0.25, 0.3) is 0 Å². The van der Waals surface area contributed by atoms with Gasteiger partial charge in [-0.15, -0.1) is 0 Å². The normalized spacial score (nSPS) is 31.7. The van der Waals surface area contributed by atoms with Gasteiger partial charge in [-0.1, -0.05) is 12.8 Å². The van der Waals surface area contributed by atoms with Gasteiger partial charge < -0.3 is 10.0 Å². The van der Waals surface area contributed by atoms with Crippen molar-refractivity contribution >= 4 is 21.7 Å². The molecule has 1 aliphatic heterocycles. The monoisotopic (exact) mass is 303 g/mol. The van der Waals surface area contributed by atoms with Gasteiger partial charge in [0.2, 0.25) is 5.91 Å². The lowest BCUT2D eigenvalue weighted by atomic mass is 9.84. The van der Waals surface area contributed by atoms with Crippen molar-refractivity contribution in [3.63, 3.8) is 0 Å². The molecular formula is C13H21NO5S. The number of carbonyl (C=O) groups is 2. The fourth-order valence-electron chi connectivity index (χ4n) is 3.39. The molecule has 2 aliphatic rings. The molecule has 1 N–H and O–H groups in total. The van der Waals surface area contributed by atoms with E-state index < -0.39 is 33.0 Å². The van der Waals surface area contributed by atoms with Crippen LogP contribution in [0.4, 0.5) is 0 Å². The summed E-state index contributed by atoms with van der Waals surface area (Å²) in [4.78, 5) is 25.2. The number of amides is 1. The third-order valence-corrected chi connectivity index (χ3v) is 6.10. The Morgan fingerprint density at radius 3 is 2.40 bits per heavy atom. The lowest BCUT2D eigenvalue weighted by Crippen LogP contribution is -2.51. The van der Waals surface area contributed by atoms with Crippen molar-refractivity contribution in [3.8, 4) is 0 Å². The zero-order valence-electron chi connectivity index (χ0n) is 11.8. The van der Waals surface area contributed by atoms with Crippen molar-refractivity contribution < 1.29 is 23.1 Å². The van der Waals surface area contributed by atoms with Gasteiger partial charge in [-0.2, -0.15) is 0 Å². The van der Waals surface area contributed by atoms with Crippen molar-refractivity contribution in [3.05, 3.63) is 0 Å². The molecule has 7 heteroatoms. The maximum Gasteiger partial charge on any atom is 0.326 e. The smallest absolute Gasteiger partial charge is 0.326 e. The van der Waals surface area contributed by atoms with E-state index in [4.69, 9.17) is 0 Å². The third-order valence-electron chi connectivity index (χ3n) is 4.62. The number of hydrogen-bond donors (Lipinski definition) is 1. The van der Waals surface area contributed by atoms with E-state index >= 15 is 0 Å². The second-order valence-electron chi connectivity index (χ2n) is 5.92. The predicted molar refractivity (Wildman–Crippen MR) is 72.9 cm³/mol. The van der Waals surface area contributed by atoms with Crippen LogP contribution in [-0.4, -0.2) is 53.9 Å². The Kier molecular flexibility index (Phi) is 4.09. The molecule has 0 bridgehead atoms. The van der Waals surface area contributed by atoms with Crippen LogP contribution in [0.5, 0.6) is 0 Å². The van der Waals surface area contributed by atoms with Crippen LogP contribution in [0, 0.1) is 5.92 Å². The molecule has 114 valence electrons. The van der Waals surface area contributed by atoms with Gasteiger partial charge in [-0.25, -0.2) is 13.2 Å². The largest absolute Gasteiger partial charge is 0.480 e. The Balaban J connectivity index is 2.29. The Morgan fingerprint density at radius 1 is 1.25 bits per heavy atom. The molecule has 1 saturated heterocycles. The summed E-state index contributed by atoms with van der Waals surface area (Å²) in [6.07, 6.45) is 5.17. The standard InChI is InChI=1S/C13H21NO5S/c1-8(20(2,18)19)12(15)14-10-6-4-3-5-9(10)7-11(14)13(16)17/h8-11H,3-7H2,1-2H3,(H,16,17)/t8-,9-,10+,11+/m1/s1. The second kappa shape index (κ2) is 5.35. The first-order valence-electron chi connectivity index (χ1n) is 6.97. The summed E-state index contributed by atoms with van der Waals surface area (Å²) in [6.45, 7) is 1.34. The van der Waals surface area contributed by atoms with Crippen molar-refractivity contribution in [1.29, 1.82) is 0 Å². The SMILES string of the molecule is C[C@H](C(=O)N1[C@H](C(=O)O)C[C@H]2CCCC[C@@H]21)S(C)(=O)=O. The molecule has 1 amide bonds. The Hall–Kier alpha value is -1.11. The molecule has 1 aliphatic carbocycles. The number of carbonyl (C=O) groups excluding carboxylic acids is 1. The maximum atomic E-state index is 12.4. The van der Waals surface area contributed by atoms with E-state index in [-0.39, 0.29) is 12.0 Å². The first-order valence-corrected chi connectivity index (χ1v) is 8.92. The van der Waals surface area contributed by atoms with E-state index in [1.54, 1.807) is 0 Å². The number of sulfone groups is 1. The van der Waals surface area contributed by atoms with Gasteiger partial charge in [0.05, 0.1) is 0 Å². The maximum absolute atomic E-state index is 12.4. The van der Waals surface area contributed by atoms with Crippen LogP contribution < -0.4 is 0 Å². The van der Waals surface area contributed by atoms with Gasteiger partial charge in [0.1, 0.15) is 11.3 Å². The van der Waals surface area contributed by atoms with Gasteiger partial charge in [0, 0.05) is 12.3 Å². The summed E-state index contributed by atoms with van der Waals surface area (Å²) in [5.41, 5.74) is 0. The number of fused-ring (bicyclic) bond motifs is 1. The molecule has 1 heterocycles. The number of rotatable bonds is 3. The first kappa shape index (κ1) is 15.3. The van der Waals surface area contributed by atoms with E-state index in [9.17, 15) is 23.1 Å². The molecule has 2 fully saturated rings. The van der Waals surface area contributed by atoms with Gasteiger partial charge in [-0.05, 0) is 32.1 Å². The third kappa shape index (κ3) is 2.68. The van der Waals surface area contributed by atoms with E-state index in [2.05, 4.69) is 0 Å². The molecule has 4 atom stereocenters. The molecule has 0 spiro atoms. The molecule has 0 aromatic rings. The number of carboxylic acids is 1. The highest BCUT2D eigenvalue weighted by Gasteiger charge is 2.49. The van der Waals surface area contributed by atoms with E-state index in [1.165, 1.54) is 11.8 Å². The first-order chi connectivity index (χ1) is 9.23. The lowest BCUT2D eigenvalue weighted by molar-refractivity contribution is -0.149. The Morgan fingerprint density at radius 2 is 1.85 bits per heavy atom. The quantitative estimate of drug-likeness (QED) is 0.827. The average molecular weight is 303 g/mol. The molecular weight excluding hydrogens is 282 g/mol. The van der Waals surface area contributed by atoms with Crippen LogP contribution in [0.1, 0.15) is 39.0 Å². The fraction of sp³-hybridized carbons (Fsp3) is 0.846. The van der Waals surface area contributed by atoms with E-state index in [0.29, 0.717) is 6.42 Å².